The van der Waals surface area contributed by atoms with E-state index in [9.17, 15) is 5.11 Å². The average Bonchev–Trinajstić information content (AvgIpc) is 2.59. The molecule has 0 amide bonds. The molecule has 2 N–H and O–H groups in total. The van der Waals surface area contributed by atoms with Crippen molar-refractivity contribution in [1.82, 2.24) is 10.3 Å². The topological polar surface area (TPSA) is 54.4 Å². The highest BCUT2D eigenvalue weighted by molar-refractivity contribution is 7.11. The number of aliphatic hydroxyl groups excluding tert-OH is 1. The van der Waals surface area contributed by atoms with Crippen molar-refractivity contribution in [3.8, 4) is 0 Å². The summed E-state index contributed by atoms with van der Waals surface area (Å²) in [7, 11) is 0. The highest BCUT2D eigenvalue weighted by Gasteiger charge is 2.39. The molecule has 4 nitrogen and oxygen atoms in total. The van der Waals surface area contributed by atoms with Gasteiger partial charge in [0.1, 0.15) is 5.01 Å². The molecule has 0 bridgehead atoms. The lowest BCUT2D eigenvalue weighted by atomic mass is 9.86. The highest BCUT2D eigenvalue weighted by Crippen LogP contribution is 2.30. The molecule has 2 heterocycles. The van der Waals surface area contributed by atoms with Gasteiger partial charge in [0.15, 0.2) is 0 Å². The molecule has 1 fully saturated rings. The van der Waals surface area contributed by atoms with E-state index in [4.69, 9.17) is 4.74 Å². The van der Waals surface area contributed by atoms with E-state index in [1.807, 2.05) is 6.92 Å². The van der Waals surface area contributed by atoms with Gasteiger partial charge >= 0.3 is 0 Å². The summed E-state index contributed by atoms with van der Waals surface area (Å²) in [6, 6.07) is 0. The summed E-state index contributed by atoms with van der Waals surface area (Å²) in [5, 5.41) is 14.0. The van der Waals surface area contributed by atoms with Crippen LogP contribution in [0.2, 0.25) is 0 Å². The number of aromatic nitrogens is 1. The Labute approximate surface area is 112 Å². The largest absolute Gasteiger partial charge is 0.396 e. The lowest BCUT2D eigenvalue weighted by Crippen LogP contribution is -2.55. The Morgan fingerprint density at radius 3 is 2.50 bits per heavy atom. The maximum Gasteiger partial charge on any atom is 0.113 e. The third-order valence-electron chi connectivity index (χ3n) is 3.62. The second-order valence-corrected chi connectivity index (χ2v) is 6.99. The number of thiazole rings is 1. The molecule has 0 aliphatic carbocycles. The van der Waals surface area contributed by atoms with Gasteiger partial charge in [0.05, 0.1) is 36.5 Å². The summed E-state index contributed by atoms with van der Waals surface area (Å²) in [6.45, 7) is 10.6. The first kappa shape index (κ1) is 13.9. The van der Waals surface area contributed by atoms with E-state index in [0.29, 0.717) is 13.2 Å². The number of hydrogen-bond acceptors (Lipinski definition) is 5. The van der Waals surface area contributed by atoms with Crippen molar-refractivity contribution in [1.29, 1.82) is 0 Å². The fraction of sp³-hybridized carbons (Fsp3) is 0.769. The van der Waals surface area contributed by atoms with Gasteiger partial charge in [-0.3, -0.25) is 0 Å². The van der Waals surface area contributed by atoms with Crippen LogP contribution in [0.5, 0.6) is 0 Å². The van der Waals surface area contributed by atoms with E-state index in [2.05, 4.69) is 31.1 Å². The Kier molecular flexibility index (Phi) is 3.78. The molecule has 1 saturated heterocycles. The highest BCUT2D eigenvalue weighted by atomic mass is 32.1. The van der Waals surface area contributed by atoms with Gasteiger partial charge in [0.25, 0.3) is 0 Å². The van der Waals surface area contributed by atoms with E-state index in [-0.39, 0.29) is 17.6 Å². The quantitative estimate of drug-likeness (QED) is 0.853. The maximum absolute atomic E-state index is 9.42. The monoisotopic (exact) mass is 270 g/mol. The first-order valence-corrected chi connectivity index (χ1v) is 7.08. The Bertz CT molecular complexity index is 400. The Morgan fingerprint density at radius 2 is 2.11 bits per heavy atom. The lowest BCUT2D eigenvalue weighted by Gasteiger charge is -2.42. The second-order valence-electron chi connectivity index (χ2n) is 5.79. The number of nitrogens with one attached hydrogen (secondary N) is 1. The van der Waals surface area contributed by atoms with Crippen LogP contribution in [0.3, 0.4) is 0 Å². The van der Waals surface area contributed by atoms with E-state index < -0.39 is 0 Å². The van der Waals surface area contributed by atoms with Crippen molar-refractivity contribution in [2.24, 2.45) is 5.41 Å². The van der Waals surface area contributed by atoms with Gasteiger partial charge in [-0.05, 0) is 27.7 Å². The third kappa shape index (κ3) is 2.59. The molecule has 0 spiro atoms. The Hall–Kier alpha value is -0.490. The fourth-order valence-electron chi connectivity index (χ4n) is 1.86. The normalized spacial score (nSPS) is 18.7. The van der Waals surface area contributed by atoms with Gasteiger partial charge < -0.3 is 15.2 Å². The smallest absolute Gasteiger partial charge is 0.113 e. The molecule has 1 aromatic rings. The Balaban J connectivity index is 2.02. The molecule has 0 radical (unpaired) electrons. The summed E-state index contributed by atoms with van der Waals surface area (Å²) >= 11 is 1.74. The average molecular weight is 270 g/mol. The first-order chi connectivity index (χ1) is 8.38. The van der Waals surface area contributed by atoms with E-state index in [1.165, 1.54) is 4.88 Å². The standard InChI is InChI=1S/C13H22N2O2S/c1-9-10(2)18-11(15-9)12(3,4)14-5-13(6-16)7-17-8-13/h14,16H,5-8H2,1-4H3. The predicted octanol–water partition coefficient (Wildman–Crippen LogP) is 1.59. The van der Waals surface area contributed by atoms with Gasteiger partial charge in [0, 0.05) is 11.4 Å². The molecule has 0 atom stereocenters. The van der Waals surface area contributed by atoms with Crippen LogP contribution in [0.4, 0.5) is 0 Å². The van der Waals surface area contributed by atoms with Crippen LogP contribution in [-0.2, 0) is 10.3 Å². The number of aliphatic hydroxyl groups is 1. The van der Waals surface area contributed by atoms with Crippen molar-refractivity contribution in [2.75, 3.05) is 26.4 Å². The minimum absolute atomic E-state index is 0.0986. The van der Waals surface area contributed by atoms with Crippen LogP contribution in [-0.4, -0.2) is 36.5 Å². The molecule has 0 unspecified atom stereocenters. The molecule has 1 aromatic heterocycles. The van der Waals surface area contributed by atoms with Crippen LogP contribution >= 0.6 is 11.3 Å². The van der Waals surface area contributed by atoms with Crippen molar-refractivity contribution in [3.05, 3.63) is 15.6 Å². The SMILES string of the molecule is Cc1nc(C(C)(C)NCC2(CO)COC2)sc1C. The Morgan fingerprint density at radius 1 is 1.44 bits per heavy atom. The summed E-state index contributed by atoms with van der Waals surface area (Å²) in [6.07, 6.45) is 0. The third-order valence-corrected chi connectivity index (χ3v) is 5.02. The molecule has 0 saturated carbocycles. The molecule has 102 valence electrons. The van der Waals surface area contributed by atoms with E-state index >= 15 is 0 Å². The molecule has 18 heavy (non-hydrogen) atoms. The van der Waals surface area contributed by atoms with E-state index in [0.717, 1.165) is 17.2 Å². The van der Waals surface area contributed by atoms with Crippen molar-refractivity contribution >= 4 is 11.3 Å². The molecule has 1 aliphatic rings. The van der Waals surface area contributed by atoms with Crippen LogP contribution in [0.15, 0.2) is 0 Å². The summed E-state index contributed by atoms with van der Waals surface area (Å²) < 4.78 is 5.21. The predicted molar refractivity (Wildman–Crippen MR) is 73.0 cm³/mol. The van der Waals surface area contributed by atoms with Gasteiger partial charge in [-0.25, -0.2) is 4.98 Å². The number of aryl methyl sites for hydroxylation is 2. The molecule has 1 aliphatic heterocycles. The van der Waals surface area contributed by atoms with Crippen molar-refractivity contribution in [2.45, 2.75) is 33.2 Å². The zero-order valence-corrected chi connectivity index (χ0v) is 12.4. The van der Waals surface area contributed by atoms with Crippen molar-refractivity contribution in [3.63, 3.8) is 0 Å². The number of hydrogen-bond donors (Lipinski definition) is 2. The van der Waals surface area contributed by atoms with Gasteiger partial charge in [-0.15, -0.1) is 11.3 Å². The lowest BCUT2D eigenvalue weighted by molar-refractivity contribution is -0.136. The van der Waals surface area contributed by atoms with Crippen LogP contribution < -0.4 is 5.32 Å². The summed E-state index contributed by atoms with van der Waals surface area (Å²) in [5.41, 5.74) is 0.841. The molecular formula is C13H22N2O2S. The second kappa shape index (κ2) is 4.89. The number of rotatable bonds is 5. The van der Waals surface area contributed by atoms with Gasteiger partial charge in [0.2, 0.25) is 0 Å². The molecule has 5 heteroatoms. The fourth-order valence-corrected chi connectivity index (χ4v) is 2.86. The van der Waals surface area contributed by atoms with Crippen LogP contribution in [0, 0.1) is 19.3 Å². The van der Waals surface area contributed by atoms with Crippen LogP contribution in [0.25, 0.3) is 0 Å². The summed E-state index contributed by atoms with van der Waals surface area (Å²) in [5.74, 6) is 0. The summed E-state index contributed by atoms with van der Waals surface area (Å²) in [4.78, 5) is 5.88. The number of nitrogens with zero attached hydrogens (tertiary/aromatic N) is 1. The van der Waals surface area contributed by atoms with Crippen LogP contribution in [0.1, 0.15) is 29.4 Å². The number of ether oxygens (including phenoxy) is 1. The van der Waals surface area contributed by atoms with Gasteiger partial charge in [-0.1, -0.05) is 0 Å². The minimum atomic E-state index is -0.165. The maximum atomic E-state index is 9.42. The first-order valence-electron chi connectivity index (χ1n) is 6.27. The van der Waals surface area contributed by atoms with Gasteiger partial charge in [-0.2, -0.15) is 0 Å². The minimum Gasteiger partial charge on any atom is -0.396 e. The molecule has 2 rings (SSSR count). The zero-order valence-electron chi connectivity index (χ0n) is 11.5. The van der Waals surface area contributed by atoms with Crippen molar-refractivity contribution < 1.29 is 9.84 Å². The van der Waals surface area contributed by atoms with E-state index in [1.54, 1.807) is 11.3 Å². The molecule has 0 aromatic carbocycles. The zero-order chi connectivity index (χ0) is 13.4. The molecular weight excluding hydrogens is 248 g/mol.